The molecule has 1 N–H and O–H groups in total. The zero-order chi connectivity index (χ0) is 14.7. The van der Waals surface area contributed by atoms with Gasteiger partial charge in [0.1, 0.15) is 27.8 Å². The molecule has 0 atom stereocenters. The predicted octanol–water partition coefficient (Wildman–Crippen LogP) is 3.71. The number of nitrogens with zero attached hydrogens (tertiary/aromatic N) is 1. The Morgan fingerprint density at radius 3 is 2.50 bits per heavy atom. The summed E-state index contributed by atoms with van der Waals surface area (Å²) in [6.45, 7) is 0. The largest absolute Gasteiger partial charge is 0.507 e. The molecule has 102 valence electrons. The molecule has 0 fully saturated rings. The van der Waals surface area contributed by atoms with Gasteiger partial charge in [0.2, 0.25) is 0 Å². The average Bonchev–Trinajstić information content (AvgIpc) is 2.47. The fourth-order valence-corrected chi connectivity index (χ4v) is 2.59. The lowest BCUT2D eigenvalue weighted by Crippen LogP contribution is -1.93. The van der Waals surface area contributed by atoms with Gasteiger partial charge in [-0.25, -0.2) is 0 Å². The predicted molar refractivity (Wildman–Crippen MR) is 79.1 cm³/mol. The van der Waals surface area contributed by atoms with Crippen LogP contribution in [-0.4, -0.2) is 19.3 Å². The summed E-state index contributed by atoms with van der Waals surface area (Å²) in [5, 5.41) is 18.5. The van der Waals surface area contributed by atoms with Gasteiger partial charge in [0.05, 0.1) is 19.8 Å². The number of rotatable bonds is 3. The van der Waals surface area contributed by atoms with E-state index in [1.54, 1.807) is 32.4 Å². The maximum absolute atomic E-state index is 9.56. The Labute approximate surface area is 125 Å². The number of benzene rings is 2. The van der Waals surface area contributed by atoms with Crippen LogP contribution < -0.4 is 9.47 Å². The Morgan fingerprint density at radius 2 is 1.90 bits per heavy atom. The van der Waals surface area contributed by atoms with Gasteiger partial charge < -0.3 is 14.6 Å². The van der Waals surface area contributed by atoms with E-state index in [1.807, 2.05) is 12.1 Å². The number of nitriles is 1. The maximum Gasteiger partial charge on any atom is 0.144 e. The van der Waals surface area contributed by atoms with Crippen LogP contribution in [0.1, 0.15) is 5.56 Å². The van der Waals surface area contributed by atoms with Crippen molar-refractivity contribution in [3.05, 3.63) is 40.4 Å². The van der Waals surface area contributed by atoms with Crippen molar-refractivity contribution in [3.8, 4) is 34.4 Å². The van der Waals surface area contributed by atoms with Crippen LogP contribution in [0.15, 0.2) is 34.8 Å². The van der Waals surface area contributed by atoms with E-state index in [0.29, 0.717) is 16.0 Å². The second-order valence-corrected chi connectivity index (χ2v) is 4.80. The van der Waals surface area contributed by atoms with E-state index in [9.17, 15) is 5.11 Å². The van der Waals surface area contributed by atoms with Crippen molar-refractivity contribution in [1.29, 1.82) is 5.26 Å². The molecular weight excluding hydrogens is 322 g/mol. The Hall–Kier alpha value is -2.19. The molecule has 0 saturated heterocycles. The summed E-state index contributed by atoms with van der Waals surface area (Å²) in [6, 6.07) is 10.4. The molecule has 0 bridgehead atoms. The van der Waals surface area contributed by atoms with Gasteiger partial charge >= 0.3 is 0 Å². The molecule has 0 aromatic heterocycles. The van der Waals surface area contributed by atoms with Crippen LogP contribution in [0.2, 0.25) is 0 Å². The first-order chi connectivity index (χ1) is 9.62. The van der Waals surface area contributed by atoms with Gasteiger partial charge in [-0.05, 0) is 45.8 Å². The molecule has 0 aliphatic rings. The second-order valence-electron chi connectivity index (χ2n) is 4.01. The van der Waals surface area contributed by atoms with E-state index in [1.165, 1.54) is 6.07 Å². The average molecular weight is 334 g/mol. The Balaban J connectivity index is 2.64. The standard InChI is InChI=1S/C15H12BrNO3/c1-19-13-6-4-11(15(20-2)14(13)16)9-3-5-12(18)10(7-9)8-17/h3-7,18H,1-2H3. The van der Waals surface area contributed by atoms with E-state index in [2.05, 4.69) is 15.9 Å². The molecule has 5 heteroatoms. The minimum atomic E-state index is -0.0391. The highest BCUT2D eigenvalue weighted by atomic mass is 79.9. The van der Waals surface area contributed by atoms with Crippen LogP contribution in [-0.2, 0) is 0 Å². The highest BCUT2D eigenvalue weighted by Crippen LogP contribution is 2.42. The van der Waals surface area contributed by atoms with Crippen molar-refractivity contribution in [2.24, 2.45) is 0 Å². The monoisotopic (exact) mass is 333 g/mol. The van der Waals surface area contributed by atoms with Gasteiger partial charge in [-0.2, -0.15) is 5.26 Å². The lowest BCUT2D eigenvalue weighted by Gasteiger charge is -2.14. The van der Waals surface area contributed by atoms with Crippen molar-refractivity contribution in [3.63, 3.8) is 0 Å². The fraction of sp³-hybridized carbons (Fsp3) is 0.133. The summed E-state index contributed by atoms with van der Waals surface area (Å²) in [5.41, 5.74) is 1.80. The number of hydrogen-bond acceptors (Lipinski definition) is 4. The smallest absolute Gasteiger partial charge is 0.144 e. The number of phenolic OH excluding ortho intramolecular Hbond substituents is 1. The highest BCUT2D eigenvalue weighted by molar-refractivity contribution is 9.10. The summed E-state index contributed by atoms with van der Waals surface area (Å²) in [7, 11) is 3.14. The molecule has 0 amide bonds. The summed E-state index contributed by atoms with van der Waals surface area (Å²) < 4.78 is 11.3. The van der Waals surface area contributed by atoms with Crippen molar-refractivity contribution in [2.45, 2.75) is 0 Å². The Morgan fingerprint density at radius 1 is 1.15 bits per heavy atom. The van der Waals surface area contributed by atoms with Crippen LogP contribution in [0.3, 0.4) is 0 Å². The van der Waals surface area contributed by atoms with E-state index in [4.69, 9.17) is 14.7 Å². The molecule has 2 aromatic rings. The first-order valence-electron chi connectivity index (χ1n) is 5.76. The molecular formula is C15H12BrNO3. The molecule has 2 aromatic carbocycles. The maximum atomic E-state index is 9.56. The number of hydrogen-bond donors (Lipinski definition) is 1. The van der Waals surface area contributed by atoms with Crippen LogP contribution in [0.5, 0.6) is 17.2 Å². The molecule has 0 unspecified atom stereocenters. The highest BCUT2D eigenvalue weighted by Gasteiger charge is 2.15. The minimum Gasteiger partial charge on any atom is -0.507 e. The quantitative estimate of drug-likeness (QED) is 0.929. The third-order valence-corrected chi connectivity index (χ3v) is 3.66. The molecule has 0 aliphatic carbocycles. The number of aromatic hydroxyl groups is 1. The van der Waals surface area contributed by atoms with Crippen molar-refractivity contribution >= 4 is 15.9 Å². The third-order valence-electron chi connectivity index (χ3n) is 2.91. The summed E-state index contributed by atoms with van der Waals surface area (Å²) in [6.07, 6.45) is 0. The van der Waals surface area contributed by atoms with Crippen LogP contribution >= 0.6 is 15.9 Å². The summed E-state index contributed by atoms with van der Waals surface area (Å²) in [5.74, 6) is 1.23. The molecule has 0 heterocycles. The van der Waals surface area contributed by atoms with Crippen molar-refractivity contribution in [1.82, 2.24) is 0 Å². The lowest BCUT2D eigenvalue weighted by molar-refractivity contribution is 0.390. The zero-order valence-corrected chi connectivity index (χ0v) is 12.6. The fourth-order valence-electron chi connectivity index (χ4n) is 1.92. The van der Waals surface area contributed by atoms with Gasteiger partial charge in [0.15, 0.2) is 0 Å². The van der Waals surface area contributed by atoms with Crippen LogP contribution in [0, 0.1) is 11.3 Å². The number of ether oxygens (including phenoxy) is 2. The van der Waals surface area contributed by atoms with Gasteiger partial charge in [0, 0.05) is 5.56 Å². The van der Waals surface area contributed by atoms with Gasteiger partial charge in [-0.1, -0.05) is 6.07 Å². The van der Waals surface area contributed by atoms with Gasteiger partial charge in [0.25, 0.3) is 0 Å². The van der Waals surface area contributed by atoms with Crippen LogP contribution in [0.25, 0.3) is 11.1 Å². The van der Waals surface area contributed by atoms with E-state index < -0.39 is 0 Å². The normalized spacial score (nSPS) is 9.90. The zero-order valence-electron chi connectivity index (χ0n) is 11.0. The SMILES string of the molecule is COc1ccc(-c2ccc(O)c(C#N)c2)c(OC)c1Br. The van der Waals surface area contributed by atoms with Crippen molar-refractivity contribution in [2.75, 3.05) is 14.2 Å². The molecule has 4 nitrogen and oxygen atoms in total. The lowest BCUT2D eigenvalue weighted by atomic mass is 10.0. The van der Waals surface area contributed by atoms with Gasteiger partial charge in [-0.3, -0.25) is 0 Å². The summed E-state index contributed by atoms with van der Waals surface area (Å²) >= 11 is 3.44. The topological polar surface area (TPSA) is 62.5 Å². The molecule has 2 rings (SSSR count). The van der Waals surface area contributed by atoms with E-state index in [0.717, 1.165) is 11.1 Å². The molecule has 0 aliphatic heterocycles. The molecule has 0 radical (unpaired) electrons. The number of halogens is 1. The Kier molecular flexibility index (Phi) is 4.16. The van der Waals surface area contributed by atoms with E-state index in [-0.39, 0.29) is 11.3 Å². The number of phenols is 1. The Bertz CT molecular complexity index is 692. The molecule has 20 heavy (non-hydrogen) atoms. The first kappa shape index (κ1) is 14.2. The third kappa shape index (κ3) is 2.43. The number of methoxy groups -OCH3 is 2. The van der Waals surface area contributed by atoms with Crippen LogP contribution in [0.4, 0.5) is 0 Å². The second kappa shape index (κ2) is 5.85. The molecule has 0 saturated carbocycles. The minimum absolute atomic E-state index is 0.0391. The van der Waals surface area contributed by atoms with Crippen molar-refractivity contribution < 1.29 is 14.6 Å². The summed E-state index contributed by atoms with van der Waals surface area (Å²) in [4.78, 5) is 0. The first-order valence-corrected chi connectivity index (χ1v) is 6.55. The van der Waals surface area contributed by atoms with Gasteiger partial charge in [-0.15, -0.1) is 0 Å². The molecule has 0 spiro atoms. The van der Waals surface area contributed by atoms with E-state index >= 15 is 0 Å².